The molecule has 1 saturated carbocycles. The summed E-state index contributed by atoms with van der Waals surface area (Å²) >= 11 is 0. The van der Waals surface area contributed by atoms with Crippen LogP contribution in [0, 0.1) is 17.0 Å². The zero-order valence-corrected chi connectivity index (χ0v) is 25.1. The molecule has 2 amide bonds. The fraction of sp³-hybridized carbons (Fsp3) is 0.294. The van der Waals surface area contributed by atoms with Crippen LogP contribution in [0.2, 0.25) is 0 Å². The van der Waals surface area contributed by atoms with Crippen LogP contribution in [0.3, 0.4) is 0 Å². The van der Waals surface area contributed by atoms with Crippen molar-refractivity contribution in [1.82, 2.24) is 4.98 Å². The van der Waals surface area contributed by atoms with Gasteiger partial charge in [0.1, 0.15) is 17.0 Å². The van der Waals surface area contributed by atoms with Crippen LogP contribution >= 0.6 is 0 Å². The number of unbranched alkanes of at least 4 members (excludes halogenated alkanes) is 3. The molecule has 5 rings (SSSR count). The standard InChI is InChI=1S/C34H33F2N3O7.Ca.2H/c1-44-29-19-24-26(20-30(29)45-17-5-3-2-4-6-31(40)41)37-16-13-27(24)46-28-12-11-23(18-25(28)36)39-33(43)34(14-15-34)32(42)38-22-9-7-21(35)8-10-22;;;/h7-13,16,18-20H,2-6,14-15,17H2,1H3,(H,38,42)(H,39,43)(H,40,41);;;. The molecule has 1 aliphatic rings. The zero-order valence-electron chi connectivity index (χ0n) is 25.1. The third kappa shape index (κ3) is 9.09. The van der Waals surface area contributed by atoms with Crippen molar-refractivity contribution in [3.05, 3.63) is 78.5 Å². The number of nitrogens with zero attached hydrogens (tertiary/aromatic N) is 1. The predicted octanol–water partition coefficient (Wildman–Crippen LogP) is 6.17. The Morgan fingerprint density at radius 2 is 1.51 bits per heavy atom. The first kappa shape index (κ1) is 35.8. The van der Waals surface area contributed by atoms with E-state index in [9.17, 15) is 18.8 Å². The summed E-state index contributed by atoms with van der Waals surface area (Å²) in [5.74, 6) is -1.92. The van der Waals surface area contributed by atoms with E-state index in [2.05, 4.69) is 15.6 Å². The molecule has 0 radical (unpaired) electrons. The van der Waals surface area contributed by atoms with Crippen LogP contribution in [-0.4, -0.2) is 79.3 Å². The van der Waals surface area contributed by atoms with Crippen LogP contribution in [0.5, 0.6) is 23.0 Å². The van der Waals surface area contributed by atoms with Crippen molar-refractivity contribution in [2.75, 3.05) is 24.4 Å². The average molecular weight is 676 g/mol. The molecule has 0 atom stereocenters. The third-order valence-electron chi connectivity index (χ3n) is 7.66. The van der Waals surface area contributed by atoms with Crippen molar-refractivity contribution in [2.24, 2.45) is 5.41 Å². The molecule has 13 heteroatoms. The van der Waals surface area contributed by atoms with E-state index in [1.165, 1.54) is 49.7 Å². The normalized spacial score (nSPS) is 12.8. The minimum absolute atomic E-state index is 0. The van der Waals surface area contributed by atoms with E-state index in [1.807, 2.05) is 0 Å². The number of halogens is 2. The van der Waals surface area contributed by atoms with Crippen molar-refractivity contribution < 1.29 is 42.5 Å². The van der Waals surface area contributed by atoms with E-state index >= 15 is 4.39 Å². The van der Waals surface area contributed by atoms with E-state index < -0.39 is 34.8 Å². The Morgan fingerprint density at radius 3 is 2.17 bits per heavy atom. The molecule has 0 spiro atoms. The Bertz CT molecular complexity index is 1750. The fourth-order valence-electron chi connectivity index (χ4n) is 4.90. The van der Waals surface area contributed by atoms with Crippen molar-refractivity contribution in [2.45, 2.75) is 44.9 Å². The predicted molar refractivity (Wildman–Crippen MR) is 175 cm³/mol. The van der Waals surface area contributed by atoms with E-state index in [-0.39, 0.29) is 55.6 Å². The molecule has 47 heavy (non-hydrogen) atoms. The van der Waals surface area contributed by atoms with Gasteiger partial charge in [0, 0.05) is 41.5 Å². The summed E-state index contributed by atoms with van der Waals surface area (Å²) in [5.41, 5.74) is -0.238. The number of anilines is 2. The minimum atomic E-state index is -1.29. The number of methoxy groups -OCH3 is 1. The van der Waals surface area contributed by atoms with Crippen LogP contribution < -0.4 is 24.8 Å². The van der Waals surface area contributed by atoms with Gasteiger partial charge in [-0.05, 0) is 74.2 Å². The first-order chi connectivity index (χ1) is 22.2. The SMILES string of the molecule is COc1cc2c(Oc3ccc(NC(=O)C4(C(=O)Nc5ccc(F)cc5)CC4)cc3F)ccnc2cc1OCCCCCCC(=O)O.[CaH2]. The van der Waals surface area contributed by atoms with Gasteiger partial charge in [0.2, 0.25) is 11.8 Å². The van der Waals surface area contributed by atoms with Crippen LogP contribution in [0.4, 0.5) is 20.2 Å². The Labute approximate surface area is 299 Å². The first-order valence-corrected chi connectivity index (χ1v) is 14.9. The molecular weight excluding hydrogens is 640 g/mol. The molecule has 10 nitrogen and oxygen atoms in total. The molecule has 244 valence electrons. The van der Waals surface area contributed by atoms with Gasteiger partial charge in [-0.1, -0.05) is 12.8 Å². The van der Waals surface area contributed by atoms with Gasteiger partial charge in [-0.3, -0.25) is 19.4 Å². The number of benzene rings is 3. The number of carbonyl (C=O) groups excluding carboxylic acids is 2. The monoisotopic (exact) mass is 675 g/mol. The summed E-state index contributed by atoms with van der Waals surface area (Å²) in [5, 5.41) is 14.6. The molecule has 0 aliphatic heterocycles. The molecule has 1 heterocycles. The van der Waals surface area contributed by atoms with Gasteiger partial charge >= 0.3 is 43.7 Å². The second-order valence-corrected chi connectivity index (χ2v) is 11.0. The number of carboxylic acid groups (broad SMARTS) is 1. The van der Waals surface area contributed by atoms with Crippen molar-refractivity contribution >= 4 is 77.8 Å². The van der Waals surface area contributed by atoms with Gasteiger partial charge in [0.05, 0.1) is 19.2 Å². The van der Waals surface area contributed by atoms with E-state index in [0.717, 1.165) is 25.3 Å². The van der Waals surface area contributed by atoms with Crippen LogP contribution in [0.1, 0.15) is 44.9 Å². The number of carboxylic acids is 1. The second-order valence-electron chi connectivity index (χ2n) is 11.0. The number of aliphatic carboxylic acids is 1. The zero-order chi connectivity index (χ0) is 32.7. The maximum absolute atomic E-state index is 15.2. The number of pyridine rings is 1. The summed E-state index contributed by atoms with van der Waals surface area (Å²) in [4.78, 5) is 40.9. The van der Waals surface area contributed by atoms with Gasteiger partial charge in [0.15, 0.2) is 23.1 Å². The summed E-state index contributed by atoms with van der Waals surface area (Å²) < 4.78 is 45.7. The van der Waals surface area contributed by atoms with Gasteiger partial charge in [-0.2, -0.15) is 0 Å². The molecule has 0 saturated heterocycles. The topological polar surface area (TPSA) is 136 Å². The van der Waals surface area contributed by atoms with Crippen LogP contribution in [0.25, 0.3) is 10.9 Å². The molecule has 0 bridgehead atoms. The fourth-order valence-corrected chi connectivity index (χ4v) is 4.90. The second kappa shape index (κ2) is 16.2. The van der Waals surface area contributed by atoms with E-state index in [4.69, 9.17) is 19.3 Å². The van der Waals surface area contributed by atoms with Crippen molar-refractivity contribution in [1.29, 1.82) is 0 Å². The number of hydrogen-bond acceptors (Lipinski definition) is 7. The number of rotatable bonds is 15. The quantitative estimate of drug-likeness (QED) is 0.0774. The maximum atomic E-state index is 15.2. The summed E-state index contributed by atoms with van der Waals surface area (Å²) in [6.07, 6.45) is 5.34. The first-order valence-electron chi connectivity index (χ1n) is 14.9. The van der Waals surface area contributed by atoms with E-state index in [1.54, 1.807) is 18.2 Å². The van der Waals surface area contributed by atoms with Crippen molar-refractivity contribution in [3.8, 4) is 23.0 Å². The van der Waals surface area contributed by atoms with Crippen molar-refractivity contribution in [3.63, 3.8) is 0 Å². The van der Waals surface area contributed by atoms with Crippen LogP contribution in [0.15, 0.2) is 66.9 Å². The average Bonchev–Trinajstić information content (AvgIpc) is 3.85. The Balaban J connectivity index is 0.00000500. The number of ether oxygens (including phenoxy) is 3. The number of amides is 2. The molecular formula is C34H35CaF2N3O7. The van der Waals surface area contributed by atoms with Gasteiger partial charge in [-0.25, -0.2) is 8.78 Å². The summed E-state index contributed by atoms with van der Waals surface area (Å²) in [6, 6.07) is 14.2. The van der Waals surface area contributed by atoms with Gasteiger partial charge in [0.25, 0.3) is 0 Å². The molecule has 0 unspecified atom stereocenters. The Kier molecular flexibility index (Phi) is 12.4. The number of nitrogens with one attached hydrogen (secondary N) is 2. The van der Waals surface area contributed by atoms with Crippen LogP contribution in [-0.2, 0) is 14.4 Å². The number of hydrogen-bond donors (Lipinski definition) is 3. The Morgan fingerprint density at radius 1 is 0.830 bits per heavy atom. The summed E-state index contributed by atoms with van der Waals surface area (Å²) in [7, 11) is 1.50. The third-order valence-corrected chi connectivity index (χ3v) is 7.66. The number of fused-ring (bicyclic) bond motifs is 1. The molecule has 1 fully saturated rings. The Hall–Kier alpha value is -4.00. The summed E-state index contributed by atoms with van der Waals surface area (Å²) in [6.45, 7) is 0.416. The molecule has 1 aliphatic carbocycles. The van der Waals surface area contributed by atoms with Gasteiger partial charge in [-0.15, -0.1) is 0 Å². The van der Waals surface area contributed by atoms with Gasteiger partial charge < -0.3 is 30.0 Å². The molecule has 4 aromatic rings. The molecule has 3 aromatic carbocycles. The van der Waals surface area contributed by atoms with E-state index in [0.29, 0.717) is 59.7 Å². The number of aromatic nitrogens is 1. The molecule has 3 N–H and O–H groups in total. The molecule has 1 aromatic heterocycles. The number of carbonyl (C=O) groups is 3.